The van der Waals surface area contributed by atoms with Gasteiger partial charge in [0.15, 0.2) is 0 Å². The summed E-state index contributed by atoms with van der Waals surface area (Å²) in [5.74, 6) is 0.877. The molecule has 0 saturated carbocycles. The number of hydrogen-bond acceptors (Lipinski definition) is 3. The second kappa shape index (κ2) is 3.57. The van der Waals surface area contributed by atoms with E-state index in [0.717, 1.165) is 22.8 Å². The summed E-state index contributed by atoms with van der Waals surface area (Å²) in [6.45, 7) is 4.22. The van der Waals surface area contributed by atoms with Crippen molar-refractivity contribution >= 4 is 17.1 Å². The van der Waals surface area contributed by atoms with E-state index in [1.807, 2.05) is 18.2 Å². The standard InChI is InChI=1S/C12H16N2O/c1-8-9(2)14(3)12-7-10(15-4)5-6-11(12)13-8/h5-7,9H,1-4H3. The first-order chi connectivity index (χ1) is 7.13. The smallest absolute Gasteiger partial charge is 0.121 e. The van der Waals surface area contributed by atoms with E-state index in [1.165, 1.54) is 0 Å². The molecule has 80 valence electrons. The predicted octanol–water partition coefficient (Wildman–Crippen LogP) is 2.63. The van der Waals surface area contributed by atoms with E-state index >= 15 is 0 Å². The topological polar surface area (TPSA) is 24.8 Å². The minimum atomic E-state index is 0.351. The van der Waals surface area contributed by atoms with Crippen LogP contribution >= 0.6 is 0 Å². The lowest BCUT2D eigenvalue weighted by Gasteiger charge is -2.32. The summed E-state index contributed by atoms with van der Waals surface area (Å²) in [6.07, 6.45) is 0. The zero-order chi connectivity index (χ0) is 11.0. The first kappa shape index (κ1) is 10.0. The van der Waals surface area contributed by atoms with Crippen LogP contribution in [0.15, 0.2) is 23.2 Å². The fraction of sp³-hybridized carbons (Fsp3) is 0.417. The van der Waals surface area contributed by atoms with Gasteiger partial charge in [0.25, 0.3) is 0 Å². The highest BCUT2D eigenvalue weighted by molar-refractivity contribution is 5.96. The quantitative estimate of drug-likeness (QED) is 0.702. The van der Waals surface area contributed by atoms with Gasteiger partial charge < -0.3 is 9.64 Å². The molecule has 0 saturated heterocycles. The number of nitrogens with zero attached hydrogens (tertiary/aromatic N) is 2. The highest BCUT2D eigenvalue weighted by Gasteiger charge is 2.21. The van der Waals surface area contributed by atoms with Gasteiger partial charge in [0.1, 0.15) is 5.75 Å². The molecular weight excluding hydrogens is 188 g/mol. The average Bonchev–Trinajstić information content (AvgIpc) is 2.26. The van der Waals surface area contributed by atoms with Crippen molar-refractivity contribution in [2.45, 2.75) is 19.9 Å². The molecule has 1 aliphatic heterocycles. The Kier molecular flexibility index (Phi) is 2.39. The predicted molar refractivity (Wildman–Crippen MR) is 63.6 cm³/mol. The number of methoxy groups -OCH3 is 1. The van der Waals surface area contributed by atoms with Crippen molar-refractivity contribution in [2.75, 3.05) is 19.1 Å². The van der Waals surface area contributed by atoms with Crippen molar-refractivity contribution in [3.63, 3.8) is 0 Å². The first-order valence-electron chi connectivity index (χ1n) is 5.09. The Morgan fingerprint density at radius 2 is 2.13 bits per heavy atom. The van der Waals surface area contributed by atoms with Crippen LogP contribution in [0, 0.1) is 0 Å². The highest BCUT2D eigenvalue weighted by atomic mass is 16.5. The molecule has 0 radical (unpaired) electrons. The van der Waals surface area contributed by atoms with Gasteiger partial charge in [0.05, 0.1) is 24.5 Å². The maximum atomic E-state index is 5.22. The van der Waals surface area contributed by atoms with Gasteiger partial charge in [0.2, 0.25) is 0 Å². The van der Waals surface area contributed by atoms with Crippen molar-refractivity contribution in [2.24, 2.45) is 4.99 Å². The van der Waals surface area contributed by atoms with Gasteiger partial charge in [-0.05, 0) is 26.0 Å². The minimum absolute atomic E-state index is 0.351. The maximum Gasteiger partial charge on any atom is 0.121 e. The van der Waals surface area contributed by atoms with E-state index in [9.17, 15) is 0 Å². The number of benzene rings is 1. The third kappa shape index (κ3) is 1.58. The molecule has 0 aromatic heterocycles. The van der Waals surface area contributed by atoms with Crippen LogP contribution < -0.4 is 9.64 Å². The second-order valence-corrected chi connectivity index (χ2v) is 3.89. The SMILES string of the molecule is COc1ccc2c(c1)N(C)C(C)C(C)=N2. The zero-order valence-electron chi connectivity index (χ0n) is 9.61. The summed E-state index contributed by atoms with van der Waals surface area (Å²) in [6, 6.07) is 6.32. The second-order valence-electron chi connectivity index (χ2n) is 3.89. The van der Waals surface area contributed by atoms with Gasteiger partial charge in [-0.3, -0.25) is 4.99 Å². The Morgan fingerprint density at radius 1 is 1.40 bits per heavy atom. The Morgan fingerprint density at radius 3 is 2.80 bits per heavy atom. The van der Waals surface area contributed by atoms with Crippen LogP contribution in [0.2, 0.25) is 0 Å². The molecule has 1 heterocycles. The van der Waals surface area contributed by atoms with Crippen molar-refractivity contribution in [1.82, 2.24) is 0 Å². The summed E-state index contributed by atoms with van der Waals surface area (Å²) in [4.78, 5) is 6.79. The number of fused-ring (bicyclic) bond motifs is 1. The van der Waals surface area contributed by atoms with Crippen molar-refractivity contribution in [3.05, 3.63) is 18.2 Å². The van der Waals surface area contributed by atoms with Gasteiger partial charge in [-0.2, -0.15) is 0 Å². The van der Waals surface area contributed by atoms with Crippen LogP contribution in [0.1, 0.15) is 13.8 Å². The highest BCUT2D eigenvalue weighted by Crippen LogP contribution is 2.36. The molecule has 15 heavy (non-hydrogen) atoms. The molecule has 1 aromatic carbocycles. The van der Waals surface area contributed by atoms with Gasteiger partial charge in [-0.15, -0.1) is 0 Å². The lowest BCUT2D eigenvalue weighted by molar-refractivity contribution is 0.415. The molecule has 3 nitrogen and oxygen atoms in total. The van der Waals surface area contributed by atoms with Gasteiger partial charge in [-0.25, -0.2) is 0 Å². The monoisotopic (exact) mass is 204 g/mol. The number of aliphatic imine (C=N–C) groups is 1. The Hall–Kier alpha value is -1.51. The summed E-state index contributed by atoms with van der Waals surface area (Å²) in [5.41, 5.74) is 3.30. The van der Waals surface area contributed by atoms with E-state index < -0.39 is 0 Å². The molecule has 0 bridgehead atoms. The molecule has 0 N–H and O–H groups in total. The molecular formula is C12H16N2O. The molecule has 0 aliphatic carbocycles. The van der Waals surface area contributed by atoms with Crippen molar-refractivity contribution in [3.8, 4) is 5.75 Å². The van der Waals surface area contributed by atoms with Crippen molar-refractivity contribution < 1.29 is 4.74 Å². The molecule has 0 fully saturated rings. The van der Waals surface area contributed by atoms with E-state index in [1.54, 1.807) is 7.11 Å². The lowest BCUT2D eigenvalue weighted by atomic mass is 10.1. The summed E-state index contributed by atoms with van der Waals surface area (Å²) in [5, 5.41) is 0. The fourth-order valence-electron chi connectivity index (χ4n) is 1.78. The Bertz CT molecular complexity index is 412. The molecule has 2 rings (SSSR count). The fourth-order valence-corrected chi connectivity index (χ4v) is 1.78. The van der Waals surface area contributed by atoms with E-state index in [2.05, 4.69) is 30.8 Å². The summed E-state index contributed by atoms with van der Waals surface area (Å²) < 4.78 is 5.22. The zero-order valence-corrected chi connectivity index (χ0v) is 9.61. The van der Waals surface area contributed by atoms with E-state index in [0.29, 0.717) is 6.04 Å². The van der Waals surface area contributed by atoms with Crippen LogP contribution in [0.3, 0.4) is 0 Å². The number of ether oxygens (including phenoxy) is 1. The third-order valence-corrected chi connectivity index (χ3v) is 3.04. The van der Waals surface area contributed by atoms with Crippen LogP contribution in [0.5, 0.6) is 5.75 Å². The van der Waals surface area contributed by atoms with Crippen LogP contribution in [-0.4, -0.2) is 25.9 Å². The van der Waals surface area contributed by atoms with Gasteiger partial charge in [-0.1, -0.05) is 0 Å². The maximum absolute atomic E-state index is 5.22. The van der Waals surface area contributed by atoms with Crippen LogP contribution in [0.4, 0.5) is 11.4 Å². The normalized spacial score (nSPS) is 19.6. The minimum Gasteiger partial charge on any atom is -0.497 e. The van der Waals surface area contributed by atoms with E-state index in [-0.39, 0.29) is 0 Å². The molecule has 1 aliphatic rings. The molecule has 0 spiro atoms. The average molecular weight is 204 g/mol. The number of rotatable bonds is 1. The summed E-state index contributed by atoms with van der Waals surface area (Å²) >= 11 is 0. The summed E-state index contributed by atoms with van der Waals surface area (Å²) in [7, 11) is 3.77. The lowest BCUT2D eigenvalue weighted by Crippen LogP contribution is -2.36. The molecule has 0 amide bonds. The number of hydrogen-bond donors (Lipinski definition) is 0. The van der Waals surface area contributed by atoms with Gasteiger partial charge in [0, 0.05) is 18.8 Å². The van der Waals surface area contributed by atoms with Crippen molar-refractivity contribution in [1.29, 1.82) is 0 Å². The van der Waals surface area contributed by atoms with E-state index in [4.69, 9.17) is 4.74 Å². The van der Waals surface area contributed by atoms with Crippen LogP contribution in [0.25, 0.3) is 0 Å². The molecule has 1 aromatic rings. The Balaban J connectivity index is 2.52. The molecule has 1 atom stereocenters. The Labute approximate surface area is 90.4 Å². The van der Waals surface area contributed by atoms with Gasteiger partial charge >= 0.3 is 0 Å². The van der Waals surface area contributed by atoms with Crippen LogP contribution in [-0.2, 0) is 0 Å². The first-order valence-corrected chi connectivity index (χ1v) is 5.09. The molecule has 1 unspecified atom stereocenters. The molecule has 3 heteroatoms. The third-order valence-electron chi connectivity index (χ3n) is 3.04. The largest absolute Gasteiger partial charge is 0.497 e. The number of anilines is 1.